The van der Waals surface area contributed by atoms with Crippen LogP contribution in [0.5, 0.6) is 0 Å². The number of rotatable bonds is 2. The Kier molecular flexibility index (Phi) is 2.06. The van der Waals surface area contributed by atoms with E-state index in [1.165, 1.54) is 0 Å². The summed E-state index contributed by atoms with van der Waals surface area (Å²) in [6.45, 7) is 0.525. The molecule has 4 heteroatoms. The van der Waals surface area contributed by atoms with Crippen molar-refractivity contribution >= 4 is 0 Å². The lowest BCUT2D eigenvalue weighted by Gasteiger charge is -2.01. The topological polar surface area (TPSA) is 56.7 Å². The molecule has 2 N–H and O–H groups in total. The number of aromatic nitrogens is 3. The SMILES string of the molecule is NCc1ccnc(-n2cccn2)c1. The van der Waals surface area contributed by atoms with Gasteiger partial charge >= 0.3 is 0 Å². The van der Waals surface area contributed by atoms with Crippen molar-refractivity contribution in [2.45, 2.75) is 6.54 Å². The molecule has 0 radical (unpaired) electrons. The molecule has 2 aromatic rings. The zero-order valence-electron chi connectivity index (χ0n) is 7.09. The summed E-state index contributed by atoms with van der Waals surface area (Å²) < 4.78 is 1.71. The van der Waals surface area contributed by atoms with E-state index in [4.69, 9.17) is 5.73 Å². The number of hydrogen-bond donors (Lipinski definition) is 1. The Hall–Kier alpha value is -1.68. The second kappa shape index (κ2) is 3.37. The van der Waals surface area contributed by atoms with Gasteiger partial charge in [-0.25, -0.2) is 9.67 Å². The molecule has 0 fully saturated rings. The van der Waals surface area contributed by atoms with Crippen LogP contribution < -0.4 is 5.73 Å². The Morgan fingerprint density at radius 1 is 1.38 bits per heavy atom. The molecule has 13 heavy (non-hydrogen) atoms. The Labute approximate surface area is 76.0 Å². The molecule has 2 heterocycles. The lowest BCUT2D eigenvalue weighted by molar-refractivity contribution is 0.841. The highest BCUT2D eigenvalue weighted by Crippen LogP contribution is 2.04. The van der Waals surface area contributed by atoms with Crippen LogP contribution in [0.15, 0.2) is 36.8 Å². The normalized spacial score (nSPS) is 10.2. The summed E-state index contributed by atoms with van der Waals surface area (Å²) in [5.41, 5.74) is 6.57. The molecule has 2 aromatic heterocycles. The van der Waals surface area contributed by atoms with Crippen LogP contribution in [0.1, 0.15) is 5.56 Å². The fourth-order valence-electron chi connectivity index (χ4n) is 1.12. The van der Waals surface area contributed by atoms with Gasteiger partial charge in [-0.3, -0.25) is 0 Å². The molecule has 66 valence electrons. The highest BCUT2D eigenvalue weighted by molar-refractivity contribution is 5.26. The standard InChI is InChI=1S/C9H10N4/c10-7-8-2-4-11-9(6-8)13-5-1-3-12-13/h1-6H,7,10H2. The number of nitrogens with two attached hydrogens (primary N) is 1. The Morgan fingerprint density at radius 2 is 2.31 bits per heavy atom. The third-order valence-corrected chi connectivity index (χ3v) is 1.78. The maximum Gasteiger partial charge on any atom is 0.153 e. The van der Waals surface area contributed by atoms with Crippen molar-refractivity contribution in [2.24, 2.45) is 5.73 Å². The van der Waals surface area contributed by atoms with Gasteiger partial charge in [-0.1, -0.05) is 0 Å². The first kappa shape index (κ1) is 7.94. The molecule has 0 aliphatic rings. The number of hydrogen-bond acceptors (Lipinski definition) is 3. The van der Waals surface area contributed by atoms with Gasteiger partial charge in [-0.15, -0.1) is 0 Å². The van der Waals surface area contributed by atoms with Crippen LogP contribution in [0.25, 0.3) is 5.82 Å². The highest BCUT2D eigenvalue weighted by Gasteiger charge is 1.97. The summed E-state index contributed by atoms with van der Waals surface area (Å²) >= 11 is 0. The molecule has 0 spiro atoms. The minimum absolute atomic E-state index is 0.525. The summed E-state index contributed by atoms with van der Waals surface area (Å²) in [6, 6.07) is 5.68. The van der Waals surface area contributed by atoms with Gasteiger partial charge in [0.25, 0.3) is 0 Å². The summed E-state index contributed by atoms with van der Waals surface area (Å²) in [7, 11) is 0. The van der Waals surface area contributed by atoms with Gasteiger partial charge in [0.1, 0.15) is 0 Å². The van der Waals surface area contributed by atoms with E-state index in [-0.39, 0.29) is 0 Å². The van der Waals surface area contributed by atoms with Crippen molar-refractivity contribution in [1.29, 1.82) is 0 Å². The minimum Gasteiger partial charge on any atom is -0.326 e. The van der Waals surface area contributed by atoms with Gasteiger partial charge in [-0.05, 0) is 23.8 Å². The fraction of sp³-hybridized carbons (Fsp3) is 0.111. The van der Waals surface area contributed by atoms with E-state index in [1.54, 1.807) is 17.1 Å². The zero-order chi connectivity index (χ0) is 9.10. The van der Waals surface area contributed by atoms with Gasteiger partial charge in [0, 0.05) is 25.1 Å². The maximum absolute atomic E-state index is 5.51. The maximum atomic E-state index is 5.51. The summed E-state index contributed by atoms with van der Waals surface area (Å²) in [6.07, 6.45) is 5.30. The molecule has 0 unspecified atom stereocenters. The number of pyridine rings is 1. The highest BCUT2D eigenvalue weighted by atomic mass is 15.3. The lowest BCUT2D eigenvalue weighted by atomic mass is 10.2. The van der Waals surface area contributed by atoms with Crippen molar-refractivity contribution < 1.29 is 0 Å². The van der Waals surface area contributed by atoms with Crippen molar-refractivity contribution in [3.05, 3.63) is 42.4 Å². The number of nitrogens with zero attached hydrogens (tertiary/aromatic N) is 3. The molecule has 0 saturated heterocycles. The van der Waals surface area contributed by atoms with E-state index < -0.39 is 0 Å². The summed E-state index contributed by atoms with van der Waals surface area (Å²) in [4.78, 5) is 4.17. The van der Waals surface area contributed by atoms with Gasteiger partial charge in [0.15, 0.2) is 5.82 Å². The second-order valence-electron chi connectivity index (χ2n) is 2.68. The van der Waals surface area contributed by atoms with Gasteiger partial charge in [0.2, 0.25) is 0 Å². The van der Waals surface area contributed by atoms with Crippen LogP contribution in [0.3, 0.4) is 0 Å². The first-order valence-electron chi connectivity index (χ1n) is 4.05. The Bertz CT molecular complexity index is 380. The predicted octanol–water partition coefficient (Wildman–Crippen LogP) is 0.726. The van der Waals surface area contributed by atoms with Gasteiger partial charge in [-0.2, -0.15) is 5.10 Å². The lowest BCUT2D eigenvalue weighted by Crippen LogP contribution is -2.01. The van der Waals surface area contributed by atoms with Crippen LogP contribution in [-0.2, 0) is 6.54 Å². The molecule has 0 bridgehead atoms. The quantitative estimate of drug-likeness (QED) is 0.730. The molecule has 2 rings (SSSR count). The van der Waals surface area contributed by atoms with Crippen molar-refractivity contribution in [1.82, 2.24) is 14.8 Å². The third kappa shape index (κ3) is 1.57. The van der Waals surface area contributed by atoms with Crippen LogP contribution in [0.2, 0.25) is 0 Å². The zero-order valence-corrected chi connectivity index (χ0v) is 7.09. The monoisotopic (exact) mass is 174 g/mol. The van der Waals surface area contributed by atoms with E-state index in [0.717, 1.165) is 11.4 Å². The van der Waals surface area contributed by atoms with E-state index in [2.05, 4.69) is 10.1 Å². The summed E-state index contributed by atoms with van der Waals surface area (Å²) in [5, 5.41) is 4.08. The molecule has 0 atom stereocenters. The van der Waals surface area contributed by atoms with Crippen LogP contribution in [-0.4, -0.2) is 14.8 Å². The molecule has 0 aliphatic carbocycles. The molecule has 0 aliphatic heterocycles. The van der Waals surface area contributed by atoms with Crippen LogP contribution in [0, 0.1) is 0 Å². The summed E-state index contributed by atoms with van der Waals surface area (Å²) in [5.74, 6) is 0.799. The van der Waals surface area contributed by atoms with E-state index in [0.29, 0.717) is 6.54 Å². The van der Waals surface area contributed by atoms with E-state index in [9.17, 15) is 0 Å². The van der Waals surface area contributed by atoms with Crippen molar-refractivity contribution in [2.75, 3.05) is 0 Å². The Balaban J connectivity index is 2.41. The average Bonchev–Trinajstić information content (AvgIpc) is 2.71. The van der Waals surface area contributed by atoms with E-state index in [1.807, 2.05) is 24.4 Å². The second-order valence-corrected chi connectivity index (χ2v) is 2.68. The Morgan fingerprint density at radius 3 is 3.00 bits per heavy atom. The first-order chi connectivity index (χ1) is 6.40. The van der Waals surface area contributed by atoms with Crippen molar-refractivity contribution in [3.8, 4) is 5.82 Å². The smallest absolute Gasteiger partial charge is 0.153 e. The fourth-order valence-corrected chi connectivity index (χ4v) is 1.12. The third-order valence-electron chi connectivity index (χ3n) is 1.78. The minimum atomic E-state index is 0.525. The largest absolute Gasteiger partial charge is 0.326 e. The molecule has 4 nitrogen and oxygen atoms in total. The molecule has 0 saturated carbocycles. The molecule has 0 amide bonds. The van der Waals surface area contributed by atoms with Crippen molar-refractivity contribution in [3.63, 3.8) is 0 Å². The van der Waals surface area contributed by atoms with Crippen LogP contribution in [0.4, 0.5) is 0 Å². The molecule has 0 aromatic carbocycles. The first-order valence-corrected chi connectivity index (χ1v) is 4.05. The van der Waals surface area contributed by atoms with Gasteiger partial charge < -0.3 is 5.73 Å². The van der Waals surface area contributed by atoms with Crippen LogP contribution >= 0.6 is 0 Å². The predicted molar refractivity (Wildman–Crippen MR) is 49.3 cm³/mol. The molecular weight excluding hydrogens is 164 g/mol. The van der Waals surface area contributed by atoms with Gasteiger partial charge in [0.05, 0.1) is 0 Å². The van der Waals surface area contributed by atoms with E-state index >= 15 is 0 Å². The average molecular weight is 174 g/mol. The molecular formula is C9H10N4.